The van der Waals surface area contributed by atoms with E-state index < -0.39 is 16.2 Å². The van der Waals surface area contributed by atoms with Gasteiger partial charge in [-0.1, -0.05) is 6.07 Å². The second-order valence-electron chi connectivity index (χ2n) is 7.27. The zero-order chi connectivity index (χ0) is 19.0. The third-order valence-electron chi connectivity index (χ3n) is 4.87. The number of carbonyl (C=O) groups excluding carboxylic acids is 1. The molecule has 1 aromatic heterocycles. The highest BCUT2D eigenvalue weighted by atomic mass is 32.2. The van der Waals surface area contributed by atoms with Gasteiger partial charge in [0.2, 0.25) is 5.91 Å². The van der Waals surface area contributed by atoms with Gasteiger partial charge in [-0.25, -0.2) is 4.98 Å². The van der Waals surface area contributed by atoms with Crippen LogP contribution in [-0.4, -0.2) is 37.8 Å². The second kappa shape index (κ2) is 7.09. The fourth-order valence-electron chi connectivity index (χ4n) is 3.37. The van der Waals surface area contributed by atoms with E-state index in [1.807, 2.05) is 24.3 Å². The lowest BCUT2D eigenvalue weighted by Crippen LogP contribution is -2.30. The van der Waals surface area contributed by atoms with Crippen LogP contribution in [0, 0.1) is 5.92 Å². The quantitative estimate of drug-likeness (QED) is 0.762. The van der Waals surface area contributed by atoms with Gasteiger partial charge < -0.3 is 10.1 Å². The van der Waals surface area contributed by atoms with Gasteiger partial charge in [0.25, 0.3) is 10.1 Å². The molecule has 2 aromatic rings. The molecule has 4 rings (SSSR count). The number of rotatable bonds is 6. The molecule has 8 heteroatoms. The average Bonchev–Trinajstić information content (AvgIpc) is 3.37. The first kappa shape index (κ1) is 18.2. The first-order valence-electron chi connectivity index (χ1n) is 9.13. The molecule has 0 unspecified atom stereocenters. The maximum atomic E-state index is 11.9. The standard InChI is InChI=1S/C19H22N2O5S/c1-27(23,24)26-17-4-2-3-16(17)25-15-8-7-13-10-18(20-11-14(13)9-15)21-19(22)12-5-6-12/h7-12,16-17H,2-6H2,1H3,(H,20,21,22)/t16-,17-/m1/s1. The van der Waals surface area contributed by atoms with Crippen molar-refractivity contribution in [1.29, 1.82) is 0 Å². The minimum Gasteiger partial charge on any atom is -0.488 e. The lowest BCUT2D eigenvalue weighted by atomic mass is 10.1. The molecule has 0 bridgehead atoms. The third-order valence-corrected chi connectivity index (χ3v) is 5.47. The maximum Gasteiger partial charge on any atom is 0.264 e. The number of fused-ring (bicyclic) bond motifs is 1. The van der Waals surface area contributed by atoms with Crippen molar-refractivity contribution in [3.63, 3.8) is 0 Å². The Kier molecular flexibility index (Phi) is 4.77. The minimum atomic E-state index is -3.51. The summed E-state index contributed by atoms with van der Waals surface area (Å²) in [4.78, 5) is 16.2. The summed E-state index contributed by atoms with van der Waals surface area (Å²) in [5.74, 6) is 1.35. The minimum absolute atomic E-state index is 0.0277. The van der Waals surface area contributed by atoms with Crippen LogP contribution in [-0.2, 0) is 19.1 Å². The van der Waals surface area contributed by atoms with Crippen molar-refractivity contribution in [2.75, 3.05) is 11.6 Å². The number of pyridine rings is 1. The van der Waals surface area contributed by atoms with E-state index in [1.165, 1.54) is 0 Å². The lowest BCUT2D eigenvalue weighted by Gasteiger charge is -2.20. The topological polar surface area (TPSA) is 94.6 Å². The van der Waals surface area contributed by atoms with Crippen LogP contribution >= 0.6 is 0 Å². The zero-order valence-corrected chi connectivity index (χ0v) is 15.9. The van der Waals surface area contributed by atoms with Crippen LogP contribution < -0.4 is 10.1 Å². The van der Waals surface area contributed by atoms with Crippen molar-refractivity contribution in [2.45, 2.75) is 44.3 Å². The van der Waals surface area contributed by atoms with E-state index in [9.17, 15) is 13.2 Å². The third kappa shape index (κ3) is 4.56. The van der Waals surface area contributed by atoms with Crippen molar-refractivity contribution in [2.24, 2.45) is 5.92 Å². The summed E-state index contributed by atoms with van der Waals surface area (Å²) in [5.41, 5.74) is 0. The predicted molar refractivity (Wildman–Crippen MR) is 101 cm³/mol. The van der Waals surface area contributed by atoms with Crippen LogP contribution in [0.4, 0.5) is 5.82 Å². The van der Waals surface area contributed by atoms with Gasteiger partial charge in [-0.2, -0.15) is 8.42 Å². The first-order valence-corrected chi connectivity index (χ1v) is 10.9. The molecule has 27 heavy (non-hydrogen) atoms. The highest BCUT2D eigenvalue weighted by molar-refractivity contribution is 7.86. The summed E-state index contributed by atoms with van der Waals surface area (Å²) in [6.45, 7) is 0. The van der Waals surface area contributed by atoms with Crippen LogP contribution in [0.25, 0.3) is 10.8 Å². The number of aromatic nitrogens is 1. The van der Waals surface area contributed by atoms with Gasteiger partial charge in [0.15, 0.2) is 0 Å². The van der Waals surface area contributed by atoms with Gasteiger partial charge in [0, 0.05) is 17.5 Å². The number of anilines is 1. The van der Waals surface area contributed by atoms with Crippen molar-refractivity contribution < 1.29 is 22.1 Å². The SMILES string of the molecule is CS(=O)(=O)O[C@@H]1CCC[C@H]1Oc1ccc2cc(NC(=O)C3CC3)ncc2c1. The summed E-state index contributed by atoms with van der Waals surface area (Å²) in [5, 5.41) is 4.67. The molecule has 2 fully saturated rings. The molecule has 144 valence electrons. The molecule has 1 aromatic carbocycles. The van der Waals surface area contributed by atoms with Gasteiger partial charge in [-0.15, -0.1) is 0 Å². The molecule has 0 saturated heterocycles. The van der Waals surface area contributed by atoms with Crippen molar-refractivity contribution in [3.8, 4) is 5.75 Å². The highest BCUT2D eigenvalue weighted by Gasteiger charge is 2.33. The Morgan fingerprint density at radius 2 is 1.89 bits per heavy atom. The summed E-state index contributed by atoms with van der Waals surface area (Å²) < 4.78 is 33.9. The zero-order valence-electron chi connectivity index (χ0n) is 15.1. The van der Waals surface area contributed by atoms with E-state index in [-0.39, 0.29) is 17.9 Å². The number of nitrogens with zero attached hydrogens (tertiary/aromatic N) is 1. The molecular weight excluding hydrogens is 368 g/mol. The Balaban J connectivity index is 1.47. The van der Waals surface area contributed by atoms with E-state index in [4.69, 9.17) is 8.92 Å². The van der Waals surface area contributed by atoms with E-state index in [0.29, 0.717) is 18.0 Å². The summed E-state index contributed by atoms with van der Waals surface area (Å²) in [7, 11) is -3.51. The lowest BCUT2D eigenvalue weighted by molar-refractivity contribution is -0.117. The Morgan fingerprint density at radius 1 is 1.11 bits per heavy atom. The predicted octanol–water partition coefficient (Wildman–Crippen LogP) is 2.86. The molecule has 2 atom stereocenters. The summed E-state index contributed by atoms with van der Waals surface area (Å²) in [6, 6.07) is 7.44. The molecule has 2 aliphatic carbocycles. The van der Waals surface area contributed by atoms with Crippen molar-refractivity contribution in [3.05, 3.63) is 30.5 Å². The number of ether oxygens (including phenoxy) is 1. The van der Waals surface area contributed by atoms with E-state index in [0.717, 1.165) is 42.7 Å². The summed E-state index contributed by atoms with van der Waals surface area (Å²) in [6.07, 6.45) is 6.20. The Morgan fingerprint density at radius 3 is 2.63 bits per heavy atom. The van der Waals surface area contributed by atoms with Crippen molar-refractivity contribution in [1.82, 2.24) is 4.98 Å². The van der Waals surface area contributed by atoms with E-state index >= 15 is 0 Å². The molecule has 0 radical (unpaired) electrons. The van der Waals surface area contributed by atoms with Gasteiger partial charge in [0.05, 0.1) is 6.26 Å². The molecular formula is C19H22N2O5S. The Bertz CT molecular complexity index is 971. The number of benzene rings is 1. The molecule has 0 aliphatic heterocycles. The van der Waals surface area contributed by atoms with Crippen LogP contribution in [0.3, 0.4) is 0 Å². The molecule has 0 spiro atoms. The Hall–Kier alpha value is -2.19. The van der Waals surface area contributed by atoms with Crippen LogP contribution in [0.2, 0.25) is 0 Å². The molecule has 1 amide bonds. The molecule has 7 nitrogen and oxygen atoms in total. The van der Waals surface area contributed by atoms with Crippen LogP contribution in [0.1, 0.15) is 32.1 Å². The Labute approximate surface area is 158 Å². The number of amides is 1. The molecule has 1 heterocycles. The van der Waals surface area contributed by atoms with E-state index in [2.05, 4.69) is 10.3 Å². The van der Waals surface area contributed by atoms with Crippen molar-refractivity contribution >= 4 is 32.6 Å². The normalized spacial score (nSPS) is 22.7. The number of carbonyl (C=O) groups is 1. The van der Waals surface area contributed by atoms with Gasteiger partial charge in [-0.3, -0.25) is 8.98 Å². The van der Waals surface area contributed by atoms with Gasteiger partial charge in [-0.05, 0) is 55.7 Å². The number of hydrogen-bond acceptors (Lipinski definition) is 6. The van der Waals surface area contributed by atoms with Crippen LogP contribution in [0.5, 0.6) is 5.75 Å². The second-order valence-corrected chi connectivity index (χ2v) is 8.87. The van der Waals surface area contributed by atoms with E-state index in [1.54, 1.807) is 6.20 Å². The maximum absolute atomic E-state index is 11.9. The number of nitrogens with one attached hydrogen (secondary N) is 1. The van der Waals surface area contributed by atoms with Gasteiger partial charge in [0.1, 0.15) is 23.8 Å². The fraction of sp³-hybridized carbons (Fsp3) is 0.474. The van der Waals surface area contributed by atoms with Crippen LogP contribution in [0.15, 0.2) is 30.5 Å². The molecule has 2 aliphatic rings. The molecule has 2 saturated carbocycles. The smallest absolute Gasteiger partial charge is 0.264 e. The average molecular weight is 390 g/mol. The number of hydrogen-bond donors (Lipinski definition) is 1. The summed E-state index contributed by atoms with van der Waals surface area (Å²) >= 11 is 0. The van der Waals surface area contributed by atoms with Gasteiger partial charge >= 0.3 is 0 Å². The highest BCUT2D eigenvalue weighted by Crippen LogP contribution is 2.31. The monoisotopic (exact) mass is 390 g/mol. The molecule has 1 N–H and O–H groups in total. The first-order chi connectivity index (χ1) is 12.9. The fourth-order valence-corrected chi connectivity index (χ4v) is 4.04. The largest absolute Gasteiger partial charge is 0.488 e.